The van der Waals surface area contributed by atoms with Crippen LogP contribution in [0.5, 0.6) is 0 Å². The fraction of sp³-hybridized carbons (Fsp3) is 0.448. The molecule has 0 radical (unpaired) electrons. The Balaban J connectivity index is 1.65. The maximum atomic E-state index is 13.6. The standard InChI is InChI=1S/C29H34F3N5O4/c1-16(20-11-21(29(30,31)32)14-22(12-20)34-17(2)38)33-25-24-13-18(8-9-23(24)26(39)36-35-25)19-7-6-10-37(15-19)27(40)41-28(3,4)5/h8-9,11-14,16,19H,6-7,10,15H2,1-5H3,(H,33,35)(H,34,38)(H,36,39)/t16-,19?/m1/s1. The van der Waals surface area contributed by atoms with Crippen LogP contribution in [0.25, 0.3) is 10.8 Å². The lowest BCUT2D eigenvalue weighted by atomic mass is 9.89. The van der Waals surface area contributed by atoms with Crippen molar-refractivity contribution in [1.82, 2.24) is 15.1 Å². The minimum absolute atomic E-state index is 0.00564. The van der Waals surface area contributed by atoms with Crippen molar-refractivity contribution in [3.05, 3.63) is 63.4 Å². The van der Waals surface area contributed by atoms with Gasteiger partial charge < -0.3 is 20.3 Å². The van der Waals surface area contributed by atoms with Crippen LogP contribution in [0.4, 0.5) is 29.5 Å². The number of ether oxygens (including phenoxy) is 1. The molecule has 4 rings (SSSR count). The molecule has 3 aromatic rings. The summed E-state index contributed by atoms with van der Waals surface area (Å²) in [4.78, 5) is 38.4. The second-order valence-corrected chi connectivity index (χ2v) is 11.4. The molecule has 3 N–H and O–H groups in total. The first-order chi connectivity index (χ1) is 19.1. The number of benzene rings is 2. The number of H-pyrrole nitrogens is 1. The van der Waals surface area contributed by atoms with Crippen LogP contribution in [0.3, 0.4) is 0 Å². The van der Waals surface area contributed by atoms with Gasteiger partial charge >= 0.3 is 12.3 Å². The van der Waals surface area contributed by atoms with Crippen LogP contribution in [0.1, 0.15) is 76.1 Å². The fourth-order valence-electron chi connectivity index (χ4n) is 4.92. The average Bonchev–Trinajstić information content (AvgIpc) is 2.88. The highest BCUT2D eigenvalue weighted by Crippen LogP contribution is 2.35. The topological polar surface area (TPSA) is 116 Å². The SMILES string of the molecule is CC(=O)Nc1cc([C@@H](C)Nc2n[nH]c(=O)c3ccc(C4CCCN(C(=O)OC(C)(C)C)C4)cc23)cc(C(F)(F)F)c1. The number of piperidine rings is 1. The van der Waals surface area contributed by atoms with Crippen molar-refractivity contribution in [2.75, 3.05) is 23.7 Å². The van der Waals surface area contributed by atoms with E-state index in [0.29, 0.717) is 23.9 Å². The van der Waals surface area contributed by atoms with Gasteiger partial charge in [-0.2, -0.15) is 18.3 Å². The third kappa shape index (κ3) is 7.36. The van der Waals surface area contributed by atoms with Gasteiger partial charge in [-0.25, -0.2) is 9.89 Å². The van der Waals surface area contributed by atoms with Gasteiger partial charge in [0.25, 0.3) is 5.56 Å². The van der Waals surface area contributed by atoms with E-state index >= 15 is 0 Å². The van der Waals surface area contributed by atoms with Gasteiger partial charge in [-0.1, -0.05) is 6.07 Å². The Morgan fingerprint density at radius 2 is 1.85 bits per heavy atom. The zero-order valence-electron chi connectivity index (χ0n) is 23.6. The second kappa shape index (κ2) is 11.4. The Labute approximate surface area is 235 Å². The third-order valence-electron chi connectivity index (χ3n) is 6.81. The van der Waals surface area contributed by atoms with E-state index in [9.17, 15) is 27.6 Å². The average molecular weight is 574 g/mol. The lowest BCUT2D eigenvalue weighted by molar-refractivity contribution is -0.137. The molecule has 9 nitrogen and oxygen atoms in total. The highest BCUT2D eigenvalue weighted by molar-refractivity contribution is 5.92. The number of hydrogen-bond acceptors (Lipinski definition) is 6. The van der Waals surface area contributed by atoms with Gasteiger partial charge in [0.1, 0.15) is 5.60 Å². The molecule has 1 aliphatic rings. The molecular weight excluding hydrogens is 539 g/mol. The van der Waals surface area contributed by atoms with E-state index in [1.165, 1.54) is 13.0 Å². The Morgan fingerprint density at radius 3 is 2.51 bits per heavy atom. The number of nitrogens with one attached hydrogen (secondary N) is 3. The Morgan fingerprint density at radius 1 is 1.12 bits per heavy atom. The maximum absolute atomic E-state index is 13.6. The summed E-state index contributed by atoms with van der Waals surface area (Å²) in [7, 11) is 0. The number of hydrogen-bond donors (Lipinski definition) is 3. The molecule has 1 aliphatic heterocycles. The fourth-order valence-corrected chi connectivity index (χ4v) is 4.92. The van der Waals surface area contributed by atoms with Crippen molar-refractivity contribution in [2.45, 2.75) is 71.2 Å². The van der Waals surface area contributed by atoms with Gasteiger partial charge in [0.2, 0.25) is 5.91 Å². The van der Waals surface area contributed by atoms with Crippen molar-refractivity contribution in [2.24, 2.45) is 0 Å². The highest BCUT2D eigenvalue weighted by atomic mass is 19.4. The predicted octanol–water partition coefficient (Wildman–Crippen LogP) is 6.19. The van der Waals surface area contributed by atoms with Gasteiger partial charge in [0, 0.05) is 37.0 Å². The smallest absolute Gasteiger partial charge is 0.416 e. The number of nitrogens with zero attached hydrogens (tertiary/aromatic N) is 2. The first-order valence-electron chi connectivity index (χ1n) is 13.4. The molecule has 2 amide bonds. The first-order valence-corrected chi connectivity index (χ1v) is 13.4. The summed E-state index contributed by atoms with van der Waals surface area (Å²) in [5.74, 6) is -0.217. The number of likely N-dealkylation sites (tertiary alicyclic amines) is 1. The summed E-state index contributed by atoms with van der Waals surface area (Å²) in [5.41, 5.74) is -0.734. The largest absolute Gasteiger partial charge is 0.444 e. The number of amides is 2. The third-order valence-corrected chi connectivity index (χ3v) is 6.81. The van der Waals surface area contributed by atoms with Crippen LogP contribution in [-0.2, 0) is 15.7 Å². The van der Waals surface area contributed by atoms with E-state index in [4.69, 9.17) is 4.74 Å². The van der Waals surface area contributed by atoms with Crippen LogP contribution in [0.15, 0.2) is 41.2 Å². The second-order valence-electron chi connectivity index (χ2n) is 11.4. The molecule has 1 fully saturated rings. The molecule has 41 heavy (non-hydrogen) atoms. The number of aromatic amines is 1. The Kier molecular flexibility index (Phi) is 8.32. The van der Waals surface area contributed by atoms with Crippen molar-refractivity contribution < 1.29 is 27.5 Å². The van der Waals surface area contributed by atoms with Crippen LogP contribution in [0.2, 0.25) is 0 Å². The zero-order chi connectivity index (χ0) is 30.1. The molecule has 220 valence electrons. The van der Waals surface area contributed by atoms with Crippen molar-refractivity contribution in [3.63, 3.8) is 0 Å². The van der Waals surface area contributed by atoms with E-state index in [1.807, 2.05) is 32.9 Å². The van der Waals surface area contributed by atoms with Gasteiger partial charge in [0.15, 0.2) is 5.82 Å². The number of fused-ring (bicyclic) bond motifs is 1. The van der Waals surface area contributed by atoms with Crippen molar-refractivity contribution in [3.8, 4) is 0 Å². The number of aromatic nitrogens is 2. The van der Waals surface area contributed by atoms with Crippen LogP contribution in [0, 0.1) is 0 Å². The van der Waals surface area contributed by atoms with E-state index in [1.54, 1.807) is 17.9 Å². The summed E-state index contributed by atoms with van der Waals surface area (Å²) >= 11 is 0. The van der Waals surface area contributed by atoms with Crippen LogP contribution in [-0.4, -0.2) is 45.8 Å². The quantitative estimate of drug-likeness (QED) is 0.335. The number of carbonyl (C=O) groups is 2. The molecule has 1 saturated heterocycles. The molecule has 2 atom stereocenters. The van der Waals surface area contributed by atoms with E-state index in [0.717, 1.165) is 30.5 Å². The number of anilines is 2. The molecule has 0 aliphatic carbocycles. The Hall–Kier alpha value is -4.09. The summed E-state index contributed by atoms with van der Waals surface area (Å²) in [6.07, 6.45) is -3.38. The van der Waals surface area contributed by atoms with E-state index < -0.39 is 34.8 Å². The minimum atomic E-state index is -4.62. The van der Waals surface area contributed by atoms with E-state index in [-0.39, 0.29) is 29.1 Å². The van der Waals surface area contributed by atoms with Gasteiger partial charge in [-0.15, -0.1) is 0 Å². The normalized spacial score (nSPS) is 16.8. The Bertz CT molecular complexity index is 1510. The lowest BCUT2D eigenvalue weighted by Crippen LogP contribution is -2.42. The molecule has 2 aromatic carbocycles. The summed E-state index contributed by atoms with van der Waals surface area (Å²) in [5, 5.41) is 13.0. The molecule has 1 aromatic heterocycles. The molecule has 12 heteroatoms. The maximum Gasteiger partial charge on any atom is 0.416 e. The molecular formula is C29H34F3N5O4. The van der Waals surface area contributed by atoms with E-state index in [2.05, 4.69) is 20.8 Å². The van der Waals surface area contributed by atoms with Gasteiger partial charge in [0.05, 0.1) is 17.0 Å². The summed E-state index contributed by atoms with van der Waals surface area (Å²) in [6, 6.07) is 8.05. The zero-order valence-corrected chi connectivity index (χ0v) is 23.6. The van der Waals surface area contributed by atoms with Crippen LogP contribution >= 0.6 is 0 Å². The molecule has 2 heterocycles. The summed E-state index contributed by atoms with van der Waals surface area (Å²) in [6.45, 7) is 9.36. The predicted molar refractivity (Wildman–Crippen MR) is 150 cm³/mol. The number of alkyl halides is 3. The first kappa shape index (κ1) is 29.9. The number of carbonyl (C=O) groups excluding carboxylic acids is 2. The number of halogens is 3. The molecule has 0 bridgehead atoms. The highest BCUT2D eigenvalue weighted by Gasteiger charge is 2.32. The van der Waals surface area contributed by atoms with Gasteiger partial charge in [-0.05, 0) is 82.0 Å². The lowest BCUT2D eigenvalue weighted by Gasteiger charge is -2.34. The van der Waals surface area contributed by atoms with Crippen molar-refractivity contribution >= 4 is 34.3 Å². The monoisotopic (exact) mass is 573 g/mol. The minimum Gasteiger partial charge on any atom is -0.444 e. The number of rotatable bonds is 5. The summed E-state index contributed by atoms with van der Waals surface area (Å²) < 4.78 is 46.3. The van der Waals surface area contributed by atoms with Crippen molar-refractivity contribution in [1.29, 1.82) is 0 Å². The molecule has 0 saturated carbocycles. The van der Waals surface area contributed by atoms with Gasteiger partial charge in [-0.3, -0.25) is 9.59 Å². The van der Waals surface area contributed by atoms with Crippen LogP contribution < -0.4 is 16.2 Å². The molecule has 0 spiro atoms. The molecule has 1 unspecified atom stereocenters.